The molecule has 1 saturated heterocycles. The predicted molar refractivity (Wildman–Crippen MR) is 80.1 cm³/mol. The van der Waals surface area contributed by atoms with Crippen LogP contribution in [-0.2, 0) is 6.54 Å². The zero-order valence-electron chi connectivity index (χ0n) is 12.6. The van der Waals surface area contributed by atoms with E-state index in [1.807, 2.05) is 0 Å². The molecule has 0 radical (unpaired) electrons. The summed E-state index contributed by atoms with van der Waals surface area (Å²) in [5.74, 6) is 0. The van der Waals surface area contributed by atoms with Crippen molar-refractivity contribution in [1.82, 2.24) is 15.2 Å². The van der Waals surface area contributed by atoms with E-state index < -0.39 is 0 Å². The molecular formula is C16H27N3. The molecule has 1 fully saturated rings. The summed E-state index contributed by atoms with van der Waals surface area (Å²) in [4.78, 5) is 7.16. The van der Waals surface area contributed by atoms with Crippen molar-refractivity contribution < 1.29 is 0 Å². The van der Waals surface area contributed by atoms with E-state index in [9.17, 15) is 0 Å². The fourth-order valence-corrected chi connectivity index (χ4v) is 2.92. The number of hydrogen-bond donors (Lipinski definition) is 1. The Morgan fingerprint density at radius 2 is 2.05 bits per heavy atom. The number of rotatable bonds is 5. The van der Waals surface area contributed by atoms with E-state index in [-0.39, 0.29) is 0 Å². The van der Waals surface area contributed by atoms with Crippen LogP contribution in [0.5, 0.6) is 0 Å². The lowest BCUT2D eigenvalue weighted by Crippen LogP contribution is -2.42. The zero-order chi connectivity index (χ0) is 13.7. The van der Waals surface area contributed by atoms with Gasteiger partial charge < -0.3 is 5.32 Å². The van der Waals surface area contributed by atoms with Crippen molar-refractivity contribution in [3.8, 4) is 0 Å². The summed E-state index contributed by atoms with van der Waals surface area (Å²) in [5, 5.41) is 3.46. The Hall–Kier alpha value is -0.930. The SMILES string of the molecule is CCN(Cc1cccc(C)n1)CC1(C)CCNCC1. The molecule has 19 heavy (non-hydrogen) atoms. The van der Waals surface area contributed by atoms with Gasteiger partial charge in [0.15, 0.2) is 0 Å². The third kappa shape index (κ3) is 4.29. The molecule has 2 heterocycles. The first kappa shape index (κ1) is 14.5. The summed E-state index contributed by atoms with van der Waals surface area (Å²) in [6.07, 6.45) is 2.56. The molecule has 0 amide bonds. The Bertz CT molecular complexity index is 397. The van der Waals surface area contributed by atoms with Gasteiger partial charge >= 0.3 is 0 Å². The highest BCUT2D eigenvalue weighted by Gasteiger charge is 2.28. The van der Waals surface area contributed by atoms with Gasteiger partial charge in [0.05, 0.1) is 5.69 Å². The number of hydrogen-bond acceptors (Lipinski definition) is 3. The Kier molecular flexibility index (Phi) is 4.94. The lowest BCUT2D eigenvalue weighted by Gasteiger charge is -2.38. The van der Waals surface area contributed by atoms with Crippen LogP contribution in [-0.4, -0.2) is 36.1 Å². The van der Waals surface area contributed by atoms with Gasteiger partial charge in [0.1, 0.15) is 0 Å². The number of aromatic nitrogens is 1. The number of nitrogens with one attached hydrogen (secondary N) is 1. The van der Waals surface area contributed by atoms with E-state index in [0.29, 0.717) is 5.41 Å². The van der Waals surface area contributed by atoms with Gasteiger partial charge in [-0.1, -0.05) is 19.9 Å². The summed E-state index contributed by atoms with van der Waals surface area (Å²) in [6, 6.07) is 6.31. The van der Waals surface area contributed by atoms with Crippen molar-refractivity contribution in [2.24, 2.45) is 5.41 Å². The van der Waals surface area contributed by atoms with Gasteiger partial charge in [-0.05, 0) is 56.9 Å². The lowest BCUT2D eigenvalue weighted by atomic mass is 9.80. The van der Waals surface area contributed by atoms with E-state index in [2.05, 4.69) is 54.2 Å². The summed E-state index contributed by atoms with van der Waals surface area (Å²) in [7, 11) is 0. The Morgan fingerprint density at radius 3 is 2.68 bits per heavy atom. The number of pyridine rings is 1. The largest absolute Gasteiger partial charge is 0.317 e. The van der Waals surface area contributed by atoms with Crippen molar-refractivity contribution in [3.63, 3.8) is 0 Å². The summed E-state index contributed by atoms with van der Waals surface area (Å²) < 4.78 is 0. The van der Waals surface area contributed by atoms with Crippen molar-refractivity contribution >= 4 is 0 Å². The molecule has 106 valence electrons. The third-order valence-electron chi connectivity index (χ3n) is 4.19. The van der Waals surface area contributed by atoms with Crippen molar-refractivity contribution in [2.45, 2.75) is 40.2 Å². The molecule has 1 N–H and O–H groups in total. The minimum Gasteiger partial charge on any atom is -0.317 e. The number of nitrogens with zero attached hydrogens (tertiary/aromatic N) is 2. The van der Waals surface area contributed by atoms with Crippen LogP contribution in [0.25, 0.3) is 0 Å². The second kappa shape index (κ2) is 6.49. The van der Waals surface area contributed by atoms with Gasteiger partial charge in [0.2, 0.25) is 0 Å². The highest BCUT2D eigenvalue weighted by molar-refractivity contribution is 5.09. The van der Waals surface area contributed by atoms with Gasteiger partial charge in [0, 0.05) is 18.8 Å². The van der Waals surface area contributed by atoms with Crippen LogP contribution in [0.3, 0.4) is 0 Å². The van der Waals surface area contributed by atoms with Gasteiger partial charge in [0.25, 0.3) is 0 Å². The minimum atomic E-state index is 0.463. The monoisotopic (exact) mass is 261 g/mol. The first-order chi connectivity index (χ1) is 9.11. The molecule has 0 aliphatic carbocycles. The van der Waals surface area contributed by atoms with E-state index in [1.54, 1.807) is 0 Å². The molecule has 2 rings (SSSR count). The van der Waals surface area contributed by atoms with Gasteiger partial charge in [-0.2, -0.15) is 0 Å². The molecule has 1 aromatic heterocycles. The molecule has 3 nitrogen and oxygen atoms in total. The Morgan fingerprint density at radius 1 is 1.32 bits per heavy atom. The molecule has 1 aromatic rings. The van der Waals surface area contributed by atoms with Gasteiger partial charge in [-0.25, -0.2) is 0 Å². The molecule has 0 atom stereocenters. The van der Waals surface area contributed by atoms with Crippen LogP contribution in [0.2, 0.25) is 0 Å². The van der Waals surface area contributed by atoms with Crippen LogP contribution < -0.4 is 5.32 Å². The highest BCUT2D eigenvalue weighted by Crippen LogP contribution is 2.29. The third-order valence-corrected chi connectivity index (χ3v) is 4.19. The fourth-order valence-electron chi connectivity index (χ4n) is 2.92. The summed E-state index contributed by atoms with van der Waals surface area (Å²) >= 11 is 0. The number of aryl methyl sites for hydroxylation is 1. The van der Waals surface area contributed by atoms with Crippen LogP contribution in [0.15, 0.2) is 18.2 Å². The van der Waals surface area contributed by atoms with Crippen molar-refractivity contribution in [1.29, 1.82) is 0 Å². The van der Waals surface area contributed by atoms with Gasteiger partial charge in [-0.3, -0.25) is 9.88 Å². The van der Waals surface area contributed by atoms with E-state index in [4.69, 9.17) is 0 Å². The second-order valence-electron chi connectivity index (χ2n) is 6.13. The first-order valence-electron chi connectivity index (χ1n) is 7.47. The van der Waals surface area contributed by atoms with Crippen molar-refractivity contribution in [2.75, 3.05) is 26.2 Å². The van der Waals surface area contributed by atoms with E-state index in [1.165, 1.54) is 25.1 Å². The number of piperidine rings is 1. The van der Waals surface area contributed by atoms with Crippen LogP contribution in [0.1, 0.15) is 38.1 Å². The molecule has 1 aliphatic heterocycles. The second-order valence-corrected chi connectivity index (χ2v) is 6.13. The molecule has 0 bridgehead atoms. The maximum atomic E-state index is 4.62. The maximum absolute atomic E-state index is 4.62. The molecule has 3 heteroatoms. The quantitative estimate of drug-likeness (QED) is 0.883. The predicted octanol–water partition coefficient (Wildman–Crippen LogP) is 2.60. The fraction of sp³-hybridized carbons (Fsp3) is 0.688. The zero-order valence-corrected chi connectivity index (χ0v) is 12.6. The molecule has 0 unspecified atom stereocenters. The maximum Gasteiger partial charge on any atom is 0.0547 e. The van der Waals surface area contributed by atoms with Crippen molar-refractivity contribution in [3.05, 3.63) is 29.6 Å². The molecule has 0 aromatic carbocycles. The van der Waals surface area contributed by atoms with E-state index in [0.717, 1.165) is 31.9 Å². The van der Waals surface area contributed by atoms with Crippen LogP contribution in [0.4, 0.5) is 0 Å². The van der Waals surface area contributed by atoms with Crippen LogP contribution in [0, 0.1) is 12.3 Å². The average molecular weight is 261 g/mol. The highest BCUT2D eigenvalue weighted by atomic mass is 15.1. The Labute approximate surface area is 117 Å². The molecular weight excluding hydrogens is 234 g/mol. The van der Waals surface area contributed by atoms with E-state index >= 15 is 0 Å². The topological polar surface area (TPSA) is 28.2 Å². The minimum absolute atomic E-state index is 0.463. The molecule has 1 aliphatic rings. The normalized spacial score (nSPS) is 18.7. The van der Waals surface area contributed by atoms with Gasteiger partial charge in [-0.15, -0.1) is 0 Å². The smallest absolute Gasteiger partial charge is 0.0547 e. The summed E-state index contributed by atoms with van der Waals surface area (Å²) in [5.41, 5.74) is 2.77. The standard InChI is InChI=1S/C16H27N3/c1-4-19(12-15-7-5-6-14(2)18-15)13-16(3)8-10-17-11-9-16/h5-7,17H,4,8-13H2,1-3H3. The average Bonchev–Trinajstić information content (AvgIpc) is 2.38. The lowest BCUT2D eigenvalue weighted by molar-refractivity contribution is 0.126. The van der Waals surface area contributed by atoms with Crippen LogP contribution >= 0.6 is 0 Å². The molecule has 0 spiro atoms. The first-order valence-corrected chi connectivity index (χ1v) is 7.47. The molecule has 0 saturated carbocycles. The Balaban J connectivity index is 1.96. The summed E-state index contributed by atoms with van der Waals surface area (Å²) in [6.45, 7) is 12.3.